The van der Waals surface area contributed by atoms with E-state index >= 15 is 0 Å². The number of hydrogen-bond acceptors (Lipinski definition) is 4. The topological polar surface area (TPSA) is 71.5 Å². The van der Waals surface area contributed by atoms with Gasteiger partial charge in [-0.05, 0) is 12.1 Å². The molecule has 0 spiro atoms. The summed E-state index contributed by atoms with van der Waals surface area (Å²) in [4.78, 5) is 14.5. The van der Waals surface area contributed by atoms with Crippen molar-refractivity contribution in [3.05, 3.63) is 29.6 Å². The van der Waals surface area contributed by atoms with Gasteiger partial charge < -0.3 is 15.2 Å². The summed E-state index contributed by atoms with van der Waals surface area (Å²) in [5.41, 5.74) is 1.65. The Kier molecular flexibility index (Phi) is 4.73. The fraction of sp³-hybridized carbons (Fsp3) is 0.400. The maximum atomic E-state index is 10.3. The van der Waals surface area contributed by atoms with Crippen LogP contribution in [-0.4, -0.2) is 29.7 Å². The lowest BCUT2D eigenvalue weighted by Gasteiger charge is -2.04. The van der Waals surface area contributed by atoms with Crippen molar-refractivity contribution in [1.82, 2.24) is 10.3 Å². The van der Waals surface area contributed by atoms with E-state index in [1.807, 2.05) is 18.2 Å². The van der Waals surface area contributed by atoms with Crippen LogP contribution in [0.3, 0.4) is 0 Å². The lowest BCUT2D eigenvalue weighted by Crippen LogP contribution is -2.22. The summed E-state index contributed by atoms with van der Waals surface area (Å²) in [6.07, 6.45) is 0. The number of aliphatic carboxylic acids is 1. The van der Waals surface area contributed by atoms with Gasteiger partial charge in [-0.2, -0.15) is 0 Å². The quantitative estimate of drug-likeness (QED) is 0.711. The van der Waals surface area contributed by atoms with Gasteiger partial charge in [-0.1, -0.05) is 6.07 Å². The molecule has 0 aliphatic heterocycles. The predicted molar refractivity (Wildman–Crippen MR) is 54.3 cm³/mol. The van der Waals surface area contributed by atoms with Gasteiger partial charge in [0.05, 0.1) is 24.5 Å². The van der Waals surface area contributed by atoms with E-state index in [1.165, 1.54) is 0 Å². The Bertz CT molecular complexity index is 328. The van der Waals surface area contributed by atoms with Crippen LogP contribution < -0.4 is 5.32 Å². The molecule has 0 radical (unpaired) electrons. The monoisotopic (exact) mass is 210 g/mol. The third kappa shape index (κ3) is 4.53. The average molecular weight is 210 g/mol. The number of carbonyl (C=O) groups is 1. The molecular weight excluding hydrogens is 196 g/mol. The van der Waals surface area contributed by atoms with Crippen LogP contribution in [0.1, 0.15) is 11.4 Å². The Labute approximate surface area is 88.1 Å². The molecule has 0 aromatic carbocycles. The Morgan fingerprint density at radius 3 is 2.93 bits per heavy atom. The van der Waals surface area contributed by atoms with Crippen molar-refractivity contribution >= 4 is 5.97 Å². The van der Waals surface area contributed by atoms with Crippen LogP contribution >= 0.6 is 0 Å². The number of aromatic nitrogens is 1. The minimum atomic E-state index is -0.872. The van der Waals surface area contributed by atoms with E-state index in [-0.39, 0.29) is 6.54 Å². The first-order chi connectivity index (χ1) is 7.22. The molecule has 0 unspecified atom stereocenters. The smallest absolute Gasteiger partial charge is 0.317 e. The van der Waals surface area contributed by atoms with Crippen molar-refractivity contribution in [2.24, 2.45) is 0 Å². The molecule has 82 valence electrons. The molecule has 1 rings (SSSR count). The van der Waals surface area contributed by atoms with Crippen molar-refractivity contribution < 1.29 is 14.6 Å². The zero-order valence-corrected chi connectivity index (χ0v) is 8.56. The molecule has 5 heteroatoms. The summed E-state index contributed by atoms with van der Waals surface area (Å²) in [5, 5.41) is 11.2. The summed E-state index contributed by atoms with van der Waals surface area (Å²) in [5.74, 6) is -0.872. The number of methoxy groups -OCH3 is 1. The van der Waals surface area contributed by atoms with Gasteiger partial charge in [-0.15, -0.1) is 0 Å². The SMILES string of the molecule is COCc1cccc(CNCC(=O)O)n1. The summed E-state index contributed by atoms with van der Waals surface area (Å²) in [6.45, 7) is 0.854. The van der Waals surface area contributed by atoms with Crippen LogP contribution in [0.4, 0.5) is 0 Å². The molecule has 0 amide bonds. The molecule has 1 aromatic rings. The van der Waals surface area contributed by atoms with Crippen molar-refractivity contribution in [2.75, 3.05) is 13.7 Å². The number of pyridine rings is 1. The number of ether oxygens (including phenoxy) is 1. The number of nitrogens with one attached hydrogen (secondary N) is 1. The van der Waals surface area contributed by atoms with Crippen molar-refractivity contribution in [1.29, 1.82) is 0 Å². The molecule has 1 heterocycles. The van der Waals surface area contributed by atoms with Gasteiger partial charge in [0.2, 0.25) is 0 Å². The minimum Gasteiger partial charge on any atom is -0.480 e. The van der Waals surface area contributed by atoms with E-state index < -0.39 is 5.97 Å². The number of rotatable bonds is 6. The zero-order valence-electron chi connectivity index (χ0n) is 8.56. The van der Waals surface area contributed by atoms with Gasteiger partial charge in [0.15, 0.2) is 0 Å². The van der Waals surface area contributed by atoms with E-state index in [0.717, 1.165) is 11.4 Å². The van der Waals surface area contributed by atoms with Gasteiger partial charge >= 0.3 is 5.97 Å². The predicted octanol–water partition coefficient (Wildman–Crippen LogP) is 0.402. The molecular formula is C10H14N2O3. The molecule has 0 aliphatic rings. The second kappa shape index (κ2) is 6.10. The zero-order chi connectivity index (χ0) is 11.1. The van der Waals surface area contributed by atoms with Crippen LogP contribution in [-0.2, 0) is 22.7 Å². The Morgan fingerprint density at radius 2 is 2.27 bits per heavy atom. The van der Waals surface area contributed by atoms with Crippen LogP contribution in [0.5, 0.6) is 0 Å². The standard InChI is InChI=1S/C10H14N2O3/c1-15-7-9-4-2-3-8(12-9)5-11-6-10(13)14/h2-4,11H,5-7H2,1H3,(H,13,14). The van der Waals surface area contributed by atoms with Crippen LogP contribution in [0.2, 0.25) is 0 Å². The number of carboxylic acids is 1. The fourth-order valence-corrected chi connectivity index (χ4v) is 1.15. The molecule has 0 saturated carbocycles. The number of hydrogen-bond donors (Lipinski definition) is 2. The first-order valence-corrected chi connectivity index (χ1v) is 4.58. The van der Waals surface area contributed by atoms with Gasteiger partial charge in [0.25, 0.3) is 0 Å². The highest BCUT2D eigenvalue weighted by molar-refractivity contribution is 5.68. The van der Waals surface area contributed by atoms with E-state index in [9.17, 15) is 4.79 Å². The highest BCUT2D eigenvalue weighted by Gasteiger charge is 1.99. The van der Waals surface area contributed by atoms with E-state index in [1.54, 1.807) is 7.11 Å². The molecule has 0 aliphatic carbocycles. The van der Waals surface area contributed by atoms with Crippen LogP contribution in [0.25, 0.3) is 0 Å². The maximum Gasteiger partial charge on any atom is 0.317 e. The summed E-state index contributed by atoms with van der Waals surface area (Å²) in [7, 11) is 1.61. The fourth-order valence-electron chi connectivity index (χ4n) is 1.15. The van der Waals surface area contributed by atoms with Gasteiger partial charge in [-0.25, -0.2) is 0 Å². The first kappa shape index (κ1) is 11.6. The molecule has 0 saturated heterocycles. The molecule has 5 nitrogen and oxygen atoms in total. The highest BCUT2D eigenvalue weighted by atomic mass is 16.5. The first-order valence-electron chi connectivity index (χ1n) is 4.58. The molecule has 0 bridgehead atoms. The summed E-state index contributed by atoms with van der Waals surface area (Å²) < 4.78 is 4.95. The lowest BCUT2D eigenvalue weighted by atomic mass is 10.3. The number of carboxylic acid groups (broad SMARTS) is 1. The average Bonchev–Trinajstić information content (AvgIpc) is 2.18. The summed E-state index contributed by atoms with van der Waals surface area (Å²) in [6, 6.07) is 5.58. The van der Waals surface area contributed by atoms with Crippen molar-refractivity contribution in [3.8, 4) is 0 Å². The molecule has 1 aromatic heterocycles. The third-order valence-corrected chi connectivity index (χ3v) is 1.74. The highest BCUT2D eigenvalue weighted by Crippen LogP contribution is 2.00. The van der Waals surface area contributed by atoms with Gasteiger partial charge in [0.1, 0.15) is 0 Å². The lowest BCUT2D eigenvalue weighted by molar-refractivity contribution is -0.135. The second-order valence-electron chi connectivity index (χ2n) is 3.05. The van der Waals surface area contributed by atoms with Crippen LogP contribution in [0, 0.1) is 0 Å². The van der Waals surface area contributed by atoms with Crippen molar-refractivity contribution in [2.45, 2.75) is 13.2 Å². The van der Waals surface area contributed by atoms with E-state index in [4.69, 9.17) is 9.84 Å². The minimum absolute atomic E-state index is 0.0593. The molecule has 15 heavy (non-hydrogen) atoms. The molecule has 2 N–H and O–H groups in total. The Morgan fingerprint density at radius 1 is 1.53 bits per heavy atom. The van der Waals surface area contributed by atoms with E-state index in [0.29, 0.717) is 13.2 Å². The molecule has 0 atom stereocenters. The Balaban J connectivity index is 2.46. The van der Waals surface area contributed by atoms with E-state index in [2.05, 4.69) is 10.3 Å². The van der Waals surface area contributed by atoms with Gasteiger partial charge in [-0.3, -0.25) is 9.78 Å². The van der Waals surface area contributed by atoms with Gasteiger partial charge in [0, 0.05) is 13.7 Å². The third-order valence-electron chi connectivity index (χ3n) is 1.74. The Hall–Kier alpha value is -1.46. The van der Waals surface area contributed by atoms with Crippen LogP contribution in [0.15, 0.2) is 18.2 Å². The molecule has 0 fully saturated rings. The maximum absolute atomic E-state index is 10.3. The largest absolute Gasteiger partial charge is 0.480 e. The second-order valence-corrected chi connectivity index (χ2v) is 3.05. The number of nitrogens with zero attached hydrogens (tertiary/aromatic N) is 1. The summed E-state index contributed by atoms with van der Waals surface area (Å²) >= 11 is 0. The van der Waals surface area contributed by atoms with Crippen molar-refractivity contribution in [3.63, 3.8) is 0 Å². The normalized spacial score (nSPS) is 10.2.